The Morgan fingerprint density at radius 1 is 1.62 bits per heavy atom. The highest BCUT2D eigenvalue weighted by atomic mass is 32.1. The van der Waals surface area contributed by atoms with Crippen LogP contribution in [0.4, 0.5) is 5.13 Å². The Bertz CT molecular complexity index is 257. The molecule has 1 rings (SSSR count). The third kappa shape index (κ3) is 2.67. The Labute approximate surface area is 83.8 Å². The molecule has 1 atom stereocenters. The zero-order valence-corrected chi connectivity index (χ0v) is 9.48. The van der Waals surface area contributed by atoms with E-state index in [2.05, 4.69) is 24.1 Å². The fourth-order valence-electron chi connectivity index (χ4n) is 1.09. The van der Waals surface area contributed by atoms with E-state index in [1.54, 1.807) is 11.3 Å². The van der Waals surface area contributed by atoms with Crippen LogP contribution in [-0.4, -0.2) is 25.6 Å². The number of anilines is 1. The maximum Gasteiger partial charge on any atom is 0.185 e. The van der Waals surface area contributed by atoms with Crippen LogP contribution in [0.1, 0.15) is 24.8 Å². The average Bonchev–Trinajstić information content (AvgIpc) is 2.52. The van der Waals surface area contributed by atoms with E-state index < -0.39 is 0 Å². The summed E-state index contributed by atoms with van der Waals surface area (Å²) in [6.45, 7) is 5.28. The van der Waals surface area contributed by atoms with Crippen LogP contribution >= 0.6 is 11.3 Å². The summed E-state index contributed by atoms with van der Waals surface area (Å²) in [4.78, 5) is 7.65. The molecule has 0 bridgehead atoms. The number of hydrogen-bond acceptors (Lipinski definition) is 4. The van der Waals surface area contributed by atoms with Gasteiger partial charge in [-0.15, -0.1) is 11.3 Å². The zero-order chi connectivity index (χ0) is 9.84. The van der Waals surface area contributed by atoms with Gasteiger partial charge in [-0.05, 0) is 13.5 Å². The smallest absolute Gasteiger partial charge is 0.185 e. The highest BCUT2D eigenvalue weighted by Crippen LogP contribution is 2.25. The molecule has 1 heterocycles. The number of hydrogen-bond donors (Lipinski definition) is 1. The first-order valence-electron chi connectivity index (χ1n) is 4.51. The molecule has 13 heavy (non-hydrogen) atoms. The molecule has 1 aromatic rings. The lowest BCUT2D eigenvalue weighted by molar-refractivity contribution is 0.606. The second kappa shape index (κ2) is 4.58. The SMILES string of the molecule is CCNC(C)c1cnc(N(C)C)s1. The van der Waals surface area contributed by atoms with E-state index in [0.29, 0.717) is 6.04 Å². The summed E-state index contributed by atoms with van der Waals surface area (Å²) in [7, 11) is 4.03. The van der Waals surface area contributed by atoms with Crippen LogP contribution in [0.25, 0.3) is 0 Å². The van der Waals surface area contributed by atoms with Gasteiger partial charge in [0.1, 0.15) is 0 Å². The zero-order valence-electron chi connectivity index (χ0n) is 8.66. The van der Waals surface area contributed by atoms with E-state index in [4.69, 9.17) is 0 Å². The van der Waals surface area contributed by atoms with Gasteiger partial charge in [0.15, 0.2) is 5.13 Å². The largest absolute Gasteiger partial charge is 0.354 e. The van der Waals surface area contributed by atoms with Crippen LogP contribution in [0.5, 0.6) is 0 Å². The monoisotopic (exact) mass is 199 g/mol. The Morgan fingerprint density at radius 2 is 2.31 bits per heavy atom. The van der Waals surface area contributed by atoms with Crippen molar-refractivity contribution in [2.24, 2.45) is 0 Å². The van der Waals surface area contributed by atoms with Gasteiger partial charge in [-0.25, -0.2) is 4.98 Å². The Balaban J connectivity index is 2.67. The third-order valence-electron chi connectivity index (χ3n) is 1.83. The predicted molar refractivity (Wildman–Crippen MR) is 58.5 cm³/mol. The summed E-state index contributed by atoms with van der Waals surface area (Å²) in [5.41, 5.74) is 0. The first kappa shape index (κ1) is 10.5. The summed E-state index contributed by atoms with van der Waals surface area (Å²) in [5, 5.41) is 4.44. The van der Waals surface area contributed by atoms with Crippen molar-refractivity contribution in [1.29, 1.82) is 0 Å². The van der Waals surface area contributed by atoms with Gasteiger partial charge >= 0.3 is 0 Å². The van der Waals surface area contributed by atoms with Crippen molar-refractivity contribution >= 4 is 16.5 Å². The lowest BCUT2D eigenvalue weighted by atomic mass is 10.3. The van der Waals surface area contributed by atoms with E-state index in [1.807, 2.05) is 25.2 Å². The molecule has 1 N–H and O–H groups in total. The molecular weight excluding hydrogens is 182 g/mol. The molecular formula is C9H17N3S. The van der Waals surface area contributed by atoms with Crippen molar-refractivity contribution in [3.63, 3.8) is 0 Å². The van der Waals surface area contributed by atoms with E-state index in [1.165, 1.54) is 4.88 Å². The van der Waals surface area contributed by atoms with Gasteiger partial charge in [-0.2, -0.15) is 0 Å². The fourth-order valence-corrected chi connectivity index (χ4v) is 1.96. The highest BCUT2D eigenvalue weighted by Gasteiger charge is 2.08. The molecule has 0 saturated heterocycles. The van der Waals surface area contributed by atoms with Gasteiger partial charge in [0.05, 0.1) is 0 Å². The molecule has 0 spiro atoms. The van der Waals surface area contributed by atoms with Crippen LogP contribution < -0.4 is 10.2 Å². The summed E-state index contributed by atoms with van der Waals surface area (Å²) >= 11 is 1.74. The van der Waals surface area contributed by atoms with E-state index in [9.17, 15) is 0 Å². The van der Waals surface area contributed by atoms with Crippen LogP contribution in [0.3, 0.4) is 0 Å². The molecule has 3 nitrogen and oxygen atoms in total. The maximum atomic E-state index is 4.32. The van der Waals surface area contributed by atoms with E-state index in [-0.39, 0.29) is 0 Å². The molecule has 0 aromatic carbocycles. The van der Waals surface area contributed by atoms with Crippen LogP contribution in [0, 0.1) is 0 Å². The lowest BCUT2D eigenvalue weighted by Gasteiger charge is -2.09. The predicted octanol–water partition coefficient (Wildman–Crippen LogP) is 1.88. The summed E-state index contributed by atoms with van der Waals surface area (Å²) in [5.74, 6) is 0. The Kier molecular flexibility index (Phi) is 3.69. The topological polar surface area (TPSA) is 28.2 Å². The quantitative estimate of drug-likeness (QED) is 0.802. The van der Waals surface area contributed by atoms with Crippen LogP contribution in [-0.2, 0) is 0 Å². The molecule has 0 saturated carbocycles. The standard InChI is InChI=1S/C9H17N3S/c1-5-10-7(2)8-6-11-9(13-8)12(3)4/h6-7,10H,5H2,1-4H3. The normalized spacial score (nSPS) is 12.9. The second-order valence-corrected chi connectivity index (χ2v) is 4.26. The minimum Gasteiger partial charge on any atom is -0.354 e. The average molecular weight is 199 g/mol. The maximum absolute atomic E-state index is 4.32. The third-order valence-corrected chi connectivity index (χ3v) is 3.18. The van der Waals surface area contributed by atoms with Crippen molar-refractivity contribution in [2.75, 3.05) is 25.5 Å². The number of nitrogens with zero attached hydrogens (tertiary/aromatic N) is 2. The van der Waals surface area contributed by atoms with Crippen LogP contribution in [0.2, 0.25) is 0 Å². The van der Waals surface area contributed by atoms with Crippen molar-refractivity contribution < 1.29 is 0 Å². The van der Waals surface area contributed by atoms with Gasteiger partial charge in [0.25, 0.3) is 0 Å². The molecule has 1 aromatic heterocycles. The van der Waals surface area contributed by atoms with Crippen molar-refractivity contribution in [1.82, 2.24) is 10.3 Å². The molecule has 0 aliphatic carbocycles. The Hall–Kier alpha value is -0.610. The summed E-state index contributed by atoms with van der Waals surface area (Å²) in [6.07, 6.45) is 1.95. The molecule has 74 valence electrons. The first-order valence-corrected chi connectivity index (χ1v) is 5.33. The molecule has 0 aliphatic rings. The molecule has 0 radical (unpaired) electrons. The number of rotatable bonds is 4. The van der Waals surface area contributed by atoms with Gasteiger partial charge < -0.3 is 10.2 Å². The summed E-state index contributed by atoms with van der Waals surface area (Å²) < 4.78 is 0. The minimum atomic E-state index is 0.413. The molecule has 0 fully saturated rings. The molecule has 0 amide bonds. The number of aromatic nitrogens is 1. The fraction of sp³-hybridized carbons (Fsp3) is 0.667. The minimum absolute atomic E-state index is 0.413. The van der Waals surface area contributed by atoms with Gasteiger partial charge in [-0.1, -0.05) is 6.92 Å². The van der Waals surface area contributed by atoms with Crippen LogP contribution in [0.15, 0.2) is 6.20 Å². The van der Waals surface area contributed by atoms with Crippen molar-refractivity contribution in [2.45, 2.75) is 19.9 Å². The number of thiazole rings is 1. The molecule has 0 aliphatic heterocycles. The van der Waals surface area contributed by atoms with E-state index in [0.717, 1.165) is 11.7 Å². The molecule has 1 unspecified atom stereocenters. The molecule has 4 heteroatoms. The van der Waals surface area contributed by atoms with Gasteiger partial charge in [-0.3, -0.25) is 0 Å². The van der Waals surface area contributed by atoms with Gasteiger partial charge in [0.2, 0.25) is 0 Å². The summed E-state index contributed by atoms with van der Waals surface area (Å²) in [6, 6.07) is 0.413. The second-order valence-electron chi connectivity index (χ2n) is 3.22. The highest BCUT2D eigenvalue weighted by molar-refractivity contribution is 7.15. The Morgan fingerprint density at radius 3 is 2.77 bits per heavy atom. The lowest BCUT2D eigenvalue weighted by Crippen LogP contribution is -2.16. The van der Waals surface area contributed by atoms with Crippen molar-refractivity contribution in [3.05, 3.63) is 11.1 Å². The van der Waals surface area contributed by atoms with Gasteiger partial charge in [0, 0.05) is 31.2 Å². The first-order chi connectivity index (χ1) is 6.15. The van der Waals surface area contributed by atoms with Crippen molar-refractivity contribution in [3.8, 4) is 0 Å². The van der Waals surface area contributed by atoms with E-state index >= 15 is 0 Å². The number of nitrogens with one attached hydrogen (secondary N) is 1.